The van der Waals surface area contributed by atoms with E-state index < -0.39 is 0 Å². The highest BCUT2D eigenvalue weighted by Gasteiger charge is 2.28. The summed E-state index contributed by atoms with van der Waals surface area (Å²) in [5, 5.41) is 0.885. The average molecular weight is 487 g/mol. The first-order chi connectivity index (χ1) is 17.1. The molecule has 0 saturated carbocycles. The summed E-state index contributed by atoms with van der Waals surface area (Å²) in [5.74, 6) is 0.194. The van der Waals surface area contributed by atoms with Crippen molar-refractivity contribution >= 4 is 38.8 Å². The molecule has 1 aliphatic heterocycles. The number of benzene rings is 2. The number of nitrogens with zero attached hydrogens (tertiary/aromatic N) is 3. The van der Waals surface area contributed by atoms with Crippen LogP contribution in [-0.4, -0.2) is 42.0 Å². The van der Waals surface area contributed by atoms with Crippen LogP contribution >= 0.6 is 11.3 Å². The second-order valence-corrected chi connectivity index (χ2v) is 10.4. The van der Waals surface area contributed by atoms with Crippen LogP contribution in [0.25, 0.3) is 10.2 Å². The predicted octanol–water partition coefficient (Wildman–Crippen LogP) is 5.25. The molecule has 1 atom stereocenters. The van der Waals surface area contributed by atoms with Crippen LogP contribution < -0.4 is 10.6 Å². The number of carbonyl (C=O) groups excluding carboxylic acids is 1. The summed E-state index contributed by atoms with van der Waals surface area (Å²) >= 11 is 1.39. The lowest BCUT2D eigenvalue weighted by Crippen LogP contribution is -2.49. The molecule has 1 saturated heterocycles. The Labute approximate surface area is 208 Å². The number of nitrogen functional groups attached to an aromatic ring is 1. The number of halogens is 1. The number of carbonyl (C=O) groups is 1. The molecule has 2 aromatic heterocycles. The van der Waals surface area contributed by atoms with Gasteiger partial charge in [-0.05, 0) is 54.5 Å². The summed E-state index contributed by atoms with van der Waals surface area (Å²) in [6, 6.07) is 19.6. The van der Waals surface area contributed by atoms with Crippen LogP contribution in [0, 0.1) is 5.82 Å². The third-order valence-electron chi connectivity index (χ3n) is 7.31. The number of aryl methyl sites for hydroxylation is 1. The van der Waals surface area contributed by atoms with E-state index in [-0.39, 0.29) is 11.7 Å². The quantitative estimate of drug-likeness (QED) is 0.430. The molecule has 178 valence electrons. The number of pyridine rings is 1. The van der Waals surface area contributed by atoms with Crippen molar-refractivity contribution in [3.63, 3.8) is 0 Å². The Balaban J connectivity index is 1.22. The number of nitrogens with two attached hydrogens (primary N) is 1. The number of thiophene rings is 1. The van der Waals surface area contributed by atoms with E-state index in [1.165, 1.54) is 28.5 Å². The van der Waals surface area contributed by atoms with Crippen molar-refractivity contribution in [2.24, 2.45) is 0 Å². The van der Waals surface area contributed by atoms with Crippen LogP contribution in [0.15, 0.2) is 60.7 Å². The fraction of sp³-hybridized carbons (Fsp3) is 0.286. The monoisotopic (exact) mass is 486 g/mol. The highest BCUT2D eigenvalue weighted by atomic mass is 32.1. The first-order valence-corrected chi connectivity index (χ1v) is 12.9. The largest absolute Gasteiger partial charge is 0.397 e. The molecule has 2 N–H and O–H groups in total. The average Bonchev–Trinajstić information content (AvgIpc) is 3.22. The summed E-state index contributed by atoms with van der Waals surface area (Å²) in [4.78, 5) is 23.5. The minimum Gasteiger partial charge on any atom is -0.397 e. The smallest absolute Gasteiger partial charge is 0.266 e. The Morgan fingerprint density at radius 1 is 1.03 bits per heavy atom. The lowest BCUT2D eigenvalue weighted by Gasteiger charge is -2.36. The number of para-hydroxylation sites is 1. The number of hydrogen-bond acceptors (Lipinski definition) is 5. The van der Waals surface area contributed by atoms with Crippen molar-refractivity contribution in [3.05, 3.63) is 88.2 Å². The van der Waals surface area contributed by atoms with Gasteiger partial charge in [-0.25, -0.2) is 9.37 Å². The number of fused-ring (bicyclic) bond motifs is 2. The zero-order valence-electron chi connectivity index (χ0n) is 19.4. The van der Waals surface area contributed by atoms with Crippen LogP contribution in [-0.2, 0) is 12.8 Å². The van der Waals surface area contributed by atoms with Crippen LogP contribution in [0.1, 0.15) is 38.8 Å². The Bertz CT molecular complexity index is 1400. The van der Waals surface area contributed by atoms with E-state index in [0.717, 1.165) is 35.2 Å². The maximum absolute atomic E-state index is 14.2. The molecule has 35 heavy (non-hydrogen) atoms. The topological polar surface area (TPSA) is 62.5 Å². The van der Waals surface area contributed by atoms with Gasteiger partial charge in [-0.3, -0.25) is 4.79 Å². The van der Waals surface area contributed by atoms with Crippen molar-refractivity contribution in [1.29, 1.82) is 0 Å². The van der Waals surface area contributed by atoms with Gasteiger partial charge in [-0.2, -0.15) is 0 Å². The normalized spacial score (nSPS) is 18.0. The molecule has 1 aliphatic carbocycles. The minimum atomic E-state index is -0.231. The van der Waals surface area contributed by atoms with E-state index in [1.807, 2.05) is 15.9 Å². The molecule has 0 radical (unpaired) electrons. The second kappa shape index (κ2) is 8.96. The van der Waals surface area contributed by atoms with E-state index in [4.69, 9.17) is 10.7 Å². The number of aromatic nitrogens is 1. The van der Waals surface area contributed by atoms with E-state index >= 15 is 0 Å². The van der Waals surface area contributed by atoms with E-state index in [9.17, 15) is 9.18 Å². The Kier molecular flexibility index (Phi) is 5.65. The molecule has 1 unspecified atom stereocenters. The maximum Gasteiger partial charge on any atom is 0.266 e. The molecule has 3 heterocycles. The highest BCUT2D eigenvalue weighted by Crippen LogP contribution is 2.39. The van der Waals surface area contributed by atoms with Crippen molar-refractivity contribution < 1.29 is 9.18 Å². The summed E-state index contributed by atoms with van der Waals surface area (Å²) in [6.45, 7) is 2.24. The zero-order chi connectivity index (χ0) is 23.9. The third-order valence-corrected chi connectivity index (χ3v) is 8.41. The van der Waals surface area contributed by atoms with Crippen molar-refractivity contribution in [2.75, 3.05) is 36.8 Å². The molecule has 1 amide bonds. The van der Waals surface area contributed by atoms with Gasteiger partial charge in [-0.1, -0.05) is 42.5 Å². The number of anilines is 2. The number of hydrogen-bond donors (Lipinski definition) is 1. The predicted molar refractivity (Wildman–Crippen MR) is 140 cm³/mol. The Morgan fingerprint density at radius 3 is 2.54 bits per heavy atom. The number of rotatable bonds is 3. The molecule has 2 aromatic carbocycles. The third kappa shape index (κ3) is 4.04. The Morgan fingerprint density at radius 2 is 1.77 bits per heavy atom. The van der Waals surface area contributed by atoms with Crippen molar-refractivity contribution in [1.82, 2.24) is 9.88 Å². The fourth-order valence-corrected chi connectivity index (χ4v) is 6.43. The van der Waals surface area contributed by atoms with E-state index in [2.05, 4.69) is 36.4 Å². The minimum absolute atomic E-state index is 0.0567. The van der Waals surface area contributed by atoms with Crippen LogP contribution in [0.3, 0.4) is 0 Å². The molecule has 0 bridgehead atoms. The van der Waals surface area contributed by atoms with Crippen LogP contribution in [0.2, 0.25) is 0 Å². The van der Waals surface area contributed by atoms with Gasteiger partial charge in [0.1, 0.15) is 15.5 Å². The van der Waals surface area contributed by atoms with Gasteiger partial charge in [0, 0.05) is 37.3 Å². The fourth-order valence-electron chi connectivity index (χ4n) is 5.36. The molecule has 0 spiro atoms. The summed E-state index contributed by atoms with van der Waals surface area (Å²) in [5.41, 5.74) is 11.4. The van der Waals surface area contributed by atoms with Gasteiger partial charge in [0.2, 0.25) is 0 Å². The van der Waals surface area contributed by atoms with Crippen molar-refractivity contribution in [2.45, 2.75) is 25.2 Å². The van der Waals surface area contributed by atoms with Gasteiger partial charge in [0.05, 0.1) is 11.4 Å². The summed E-state index contributed by atoms with van der Waals surface area (Å²) in [6.07, 6.45) is 2.96. The van der Waals surface area contributed by atoms with Crippen LogP contribution in [0.4, 0.5) is 15.8 Å². The maximum atomic E-state index is 14.2. The second-order valence-electron chi connectivity index (χ2n) is 9.37. The molecule has 6 rings (SSSR count). The molecule has 5 nitrogen and oxygen atoms in total. The first kappa shape index (κ1) is 22.0. The van der Waals surface area contributed by atoms with E-state index in [0.29, 0.717) is 48.3 Å². The van der Waals surface area contributed by atoms with Gasteiger partial charge in [0.15, 0.2) is 0 Å². The molecule has 1 fully saturated rings. The standard InChI is InChI=1S/C28H27FN4OS/c29-22-8-4-5-9-24(22)32-12-14-33(15-13-32)28(34)26-25(30)21-17-20-16-19(18-6-2-1-3-7-18)10-11-23(20)31-27(21)35-26/h1-9,17,19H,10-16,30H2. The molecular formula is C28H27FN4OS. The van der Waals surface area contributed by atoms with Gasteiger partial charge < -0.3 is 15.5 Å². The van der Waals surface area contributed by atoms with E-state index in [1.54, 1.807) is 12.1 Å². The number of piperazine rings is 1. The van der Waals surface area contributed by atoms with Crippen molar-refractivity contribution in [3.8, 4) is 0 Å². The zero-order valence-corrected chi connectivity index (χ0v) is 20.2. The number of amides is 1. The highest BCUT2D eigenvalue weighted by molar-refractivity contribution is 7.21. The SMILES string of the molecule is Nc1c(C(=O)N2CCN(c3ccccc3F)CC2)sc2nc3c(cc12)CC(c1ccccc1)CC3. The first-order valence-electron chi connectivity index (χ1n) is 12.1. The van der Waals surface area contributed by atoms with Gasteiger partial charge in [-0.15, -0.1) is 11.3 Å². The summed E-state index contributed by atoms with van der Waals surface area (Å²) in [7, 11) is 0. The van der Waals surface area contributed by atoms with Crippen LogP contribution in [0.5, 0.6) is 0 Å². The molecule has 7 heteroatoms. The molecule has 4 aromatic rings. The van der Waals surface area contributed by atoms with Gasteiger partial charge in [0.25, 0.3) is 5.91 Å². The lowest BCUT2D eigenvalue weighted by molar-refractivity contribution is 0.0752. The summed E-state index contributed by atoms with van der Waals surface area (Å²) < 4.78 is 14.2. The molecule has 2 aliphatic rings. The lowest BCUT2D eigenvalue weighted by atomic mass is 9.82. The molecular weight excluding hydrogens is 459 g/mol. The van der Waals surface area contributed by atoms with Gasteiger partial charge >= 0.3 is 0 Å². The Hall–Kier alpha value is -3.45.